The fraction of sp³-hybridized carbons (Fsp3) is 0.118. The molecule has 0 saturated heterocycles. The van der Waals surface area contributed by atoms with Crippen molar-refractivity contribution in [2.45, 2.75) is 0 Å². The lowest BCUT2D eigenvalue weighted by Crippen LogP contribution is -2.24. The zero-order valence-corrected chi connectivity index (χ0v) is 13.5. The van der Waals surface area contributed by atoms with Crippen LogP contribution >= 0.6 is 11.6 Å². The summed E-state index contributed by atoms with van der Waals surface area (Å²) >= 11 is 5.84. The molecule has 2 aromatic rings. The number of benzene rings is 2. The Labute approximate surface area is 143 Å². The van der Waals surface area contributed by atoms with Crippen LogP contribution in [0, 0.1) is 0 Å². The maximum absolute atomic E-state index is 11.9. The van der Waals surface area contributed by atoms with Crippen molar-refractivity contribution in [3.05, 3.63) is 58.6 Å². The molecule has 0 fully saturated rings. The van der Waals surface area contributed by atoms with Gasteiger partial charge in [0, 0.05) is 17.8 Å². The van der Waals surface area contributed by atoms with Crippen molar-refractivity contribution < 1.29 is 19.1 Å². The van der Waals surface area contributed by atoms with Gasteiger partial charge in [-0.2, -0.15) is 0 Å². The van der Waals surface area contributed by atoms with E-state index in [4.69, 9.17) is 16.3 Å². The van der Waals surface area contributed by atoms with E-state index in [1.54, 1.807) is 30.3 Å². The number of imide groups is 1. The van der Waals surface area contributed by atoms with Crippen molar-refractivity contribution in [1.29, 1.82) is 0 Å². The Hall–Kier alpha value is -2.86. The molecular weight excluding hydrogens is 332 g/mol. The molecule has 0 atom stereocenters. The lowest BCUT2D eigenvalue weighted by molar-refractivity contribution is -0.118. The first-order valence-corrected chi connectivity index (χ1v) is 7.48. The Morgan fingerprint density at radius 3 is 2.62 bits per heavy atom. The first-order valence-electron chi connectivity index (χ1n) is 7.10. The summed E-state index contributed by atoms with van der Waals surface area (Å²) in [5.41, 5.74) is 1.02. The highest BCUT2D eigenvalue weighted by atomic mass is 35.5. The Morgan fingerprint density at radius 1 is 1.12 bits per heavy atom. The highest BCUT2D eigenvalue weighted by Crippen LogP contribution is 2.24. The second-order valence-electron chi connectivity index (χ2n) is 5.22. The number of fused-ring (bicyclic) bond motifs is 1. The van der Waals surface area contributed by atoms with Crippen LogP contribution in [0.3, 0.4) is 0 Å². The van der Waals surface area contributed by atoms with Crippen molar-refractivity contribution >= 4 is 35.0 Å². The van der Waals surface area contributed by atoms with E-state index in [0.29, 0.717) is 22.0 Å². The van der Waals surface area contributed by atoms with Crippen LogP contribution in [0.5, 0.6) is 5.75 Å². The Balaban J connectivity index is 1.65. The number of carbonyl (C=O) groups excluding carboxylic acids is 3. The van der Waals surface area contributed by atoms with Crippen LogP contribution in [0.25, 0.3) is 0 Å². The predicted molar refractivity (Wildman–Crippen MR) is 88.4 cm³/mol. The van der Waals surface area contributed by atoms with Gasteiger partial charge in [0.2, 0.25) is 0 Å². The third-order valence-electron chi connectivity index (χ3n) is 3.54. The van der Waals surface area contributed by atoms with Crippen molar-refractivity contribution in [2.24, 2.45) is 0 Å². The van der Waals surface area contributed by atoms with Crippen LogP contribution in [0.4, 0.5) is 5.69 Å². The van der Waals surface area contributed by atoms with E-state index in [1.807, 2.05) is 0 Å². The number of hydrogen-bond donors (Lipinski definition) is 1. The zero-order chi connectivity index (χ0) is 17.3. The van der Waals surface area contributed by atoms with Crippen LogP contribution in [0.1, 0.15) is 20.7 Å². The molecule has 0 bridgehead atoms. The fourth-order valence-electron chi connectivity index (χ4n) is 2.34. The fourth-order valence-corrected chi connectivity index (χ4v) is 2.52. The number of nitrogens with one attached hydrogen (secondary N) is 1. The standard InChI is InChI=1S/C17H13ClN2O4/c1-20-16(22)13-6-5-11(8-14(13)17(20)23)19-15(21)9-24-12-4-2-3-10(18)7-12/h2-8H,9H2,1H3,(H,19,21). The third kappa shape index (κ3) is 3.09. The molecule has 6 nitrogen and oxygen atoms in total. The molecule has 2 aromatic carbocycles. The number of carbonyl (C=O) groups is 3. The topological polar surface area (TPSA) is 75.7 Å². The monoisotopic (exact) mass is 344 g/mol. The number of amides is 3. The third-order valence-corrected chi connectivity index (χ3v) is 3.77. The molecule has 1 aliphatic rings. The molecule has 0 aliphatic carbocycles. The quantitative estimate of drug-likeness (QED) is 0.865. The van der Waals surface area contributed by atoms with Gasteiger partial charge >= 0.3 is 0 Å². The summed E-state index contributed by atoms with van der Waals surface area (Å²) in [5, 5.41) is 3.14. The van der Waals surface area contributed by atoms with Crippen LogP contribution in [0.15, 0.2) is 42.5 Å². The normalized spacial score (nSPS) is 13.0. The van der Waals surface area contributed by atoms with Crippen molar-refractivity contribution in [1.82, 2.24) is 4.90 Å². The number of hydrogen-bond acceptors (Lipinski definition) is 4. The maximum atomic E-state index is 11.9. The Bertz CT molecular complexity index is 850. The Morgan fingerprint density at radius 2 is 1.88 bits per heavy atom. The molecule has 0 unspecified atom stereocenters. The van der Waals surface area contributed by atoms with Gasteiger partial charge in [0.1, 0.15) is 5.75 Å². The molecule has 0 radical (unpaired) electrons. The molecule has 0 spiro atoms. The average Bonchev–Trinajstić information content (AvgIpc) is 2.77. The van der Waals surface area contributed by atoms with Gasteiger partial charge < -0.3 is 10.1 Å². The Kier molecular flexibility index (Phi) is 4.22. The summed E-state index contributed by atoms with van der Waals surface area (Å²) in [4.78, 5) is 36.7. The number of anilines is 1. The van der Waals surface area contributed by atoms with Gasteiger partial charge in [0.15, 0.2) is 6.61 Å². The van der Waals surface area contributed by atoms with Gasteiger partial charge in [0.05, 0.1) is 11.1 Å². The molecular formula is C17H13ClN2O4. The van der Waals surface area contributed by atoms with Gasteiger partial charge in [0.25, 0.3) is 17.7 Å². The predicted octanol–water partition coefficient (Wildman–Crippen LogP) is 2.58. The molecule has 0 saturated carbocycles. The zero-order valence-electron chi connectivity index (χ0n) is 12.7. The lowest BCUT2D eigenvalue weighted by atomic mass is 10.1. The van der Waals surface area contributed by atoms with E-state index in [0.717, 1.165) is 4.90 Å². The average molecular weight is 345 g/mol. The summed E-state index contributed by atoms with van der Waals surface area (Å²) in [6, 6.07) is 11.3. The van der Waals surface area contributed by atoms with Crippen LogP contribution in [-0.2, 0) is 4.79 Å². The van der Waals surface area contributed by atoms with Crippen molar-refractivity contribution in [3.63, 3.8) is 0 Å². The molecule has 0 aromatic heterocycles. The highest BCUT2D eigenvalue weighted by Gasteiger charge is 2.32. The highest BCUT2D eigenvalue weighted by molar-refractivity contribution is 6.30. The van der Waals surface area contributed by atoms with Gasteiger partial charge in [-0.15, -0.1) is 0 Å². The van der Waals surface area contributed by atoms with E-state index in [-0.39, 0.29) is 29.9 Å². The van der Waals surface area contributed by atoms with E-state index in [2.05, 4.69) is 5.32 Å². The summed E-state index contributed by atoms with van der Waals surface area (Å²) < 4.78 is 5.34. The molecule has 122 valence electrons. The van der Waals surface area contributed by atoms with Gasteiger partial charge in [-0.1, -0.05) is 17.7 Å². The minimum atomic E-state index is -0.389. The first-order chi connectivity index (χ1) is 11.5. The summed E-state index contributed by atoms with van der Waals surface area (Å²) in [6.07, 6.45) is 0. The van der Waals surface area contributed by atoms with Crippen LogP contribution in [-0.4, -0.2) is 36.3 Å². The van der Waals surface area contributed by atoms with Gasteiger partial charge in [-0.3, -0.25) is 19.3 Å². The largest absolute Gasteiger partial charge is 0.484 e. The van der Waals surface area contributed by atoms with E-state index in [9.17, 15) is 14.4 Å². The summed E-state index contributed by atoms with van der Waals surface area (Å²) in [6.45, 7) is -0.204. The summed E-state index contributed by atoms with van der Waals surface area (Å²) in [5.74, 6) is -0.646. The molecule has 1 heterocycles. The number of rotatable bonds is 4. The van der Waals surface area contributed by atoms with Crippen LogP contribution in [0.2, 0.25) is 5.02 Å². The SMILES string of the molecule is CN1C(=O)c2ccc(NC(=O)COc3cccc(Cl)c3)cc2C1=O. The molecule has 3 rings (SSSR count). The van der Waals surface area contributed by atoms with E-state index < -0.39 is 0 Å². The molecule has 3 amide bonds. The van der Waals surface area contributed by atoms with Gasteiger partial charge in [-0.25, -0.2) is 0 Å². The first kappa shape index (κ1) is 16.0. The minimum absolute atomic E-state index is 0.204. The lowest BCUT2D eigenvalue weighted by Gasteiger charge is -2.08. The van der Waals surface area contributed by atoms with Crippen molar-refractivity contribution in [3.8, 4) is 5.75 Å². The van der Waals surface area contributed by atoms with E-state index >= 15 is 0 Å². The molecule has 1 aliphatic heterocycles. The second-order valence-corrected chi connectivity index (χ2v) is 5.66. The number of ether oxygens (including phenoxy) is 1. The summed E-state index contributed by atoms with van der Waals surface area (Å²) in [7, 11) is 1.42. The minimum Gasteiger partial charge on any atom is -0.484 e. The van der Waals surface area contributed by atoms with Crippen molar-refractivity contribution in [2.75, 3.05) is 19.0 Å². The number of nitrogens with zero attached hydrogens (tertiary/aromatic N) is 1. The smallest absolute Gasteiger partial charge is 0.262 e. The van der Waals surface area contributed by atoms with Gasteiger partial charge in [-0.05, 0) is 36.4 Å². The molecule has 24 heavy (non-hydrogen) atoms. The molecule has 7 heteroatoms. The molecule has 1 N–H and O–H groups in total. The second kappa shape index (κ2) is 6.33. The number of halogens is 1. The van der Waals surface area contributed by atoms with E-state index in [1.165, 1.54) is 19.2 Å². The van der Waals surface area contributed by atoms with Crippen LogP contribution < -0.4 is 10.1 Å². The maximum Gasteiger partial charge on any atom is 0.262 e.